The van der Waals surface area contributed by atoms with Gasteiger partial charge in [0, 0.05) is 10.0 Å². The predicted molar refractivity (Wildman–Crippen MR) is 86.5 cm³/mol. The van der Waals surface area contributed by atoms with E-state index in [0.717, 1.165) is 10.0 Å². The highest BCUT2D eigenvalue weighted by molar-refractivity contribution is 9.10. The van der Waals surface area contributed by atoms with Gasteiger partial charge in [0.1, 0.15) is 0 Å². The zero-order valence-corrected chi connectivity index (χ0v) is 13.8. The van der Waals surface area contributed by atoms with Crippen LogP contribution in [0.3, 0.4) is 0 Å². The summed E-state index contributed by atoms with van der Waals surface area (Å²) in [4.78, 5) is 12.1. The Morgan fingerprint density at radius 1 is 1.10 bits per heavy atom. The molecule has 0 saturated heterocycles. The molecule has 2 aromatic carbocycles. The number of benzene rings is 2. The Balaban J connectivity index is 2.10. The van der Waals surface area contributed by atoms with E-state index in [2.05, 4.69) is 21.2 Å². The van der Waals surface area contributed by atoms with Gasteiger partial charge < -0.3 is 5.32 Å². The van der Waals surface area contributed by atoms with Crippen LogP contribution in [0.2, 0.25) is 10.0 Å². The molecule has 104 valence electrons. The van der Waals surface area contributed by atoms with Crippen LogP contribution in [0.15, 0.2) is 46.9 Å². The van der Waals surface area contributed by atoms with E-state index in [1.165, 1.54) is 0 Å². The molecule has 5 heteroatoms. The molecule has 0 bridgehead atoms. The third kappa shape index (κ3) is 3.75. The van der Waals surface area contributed by atoms with Crippen LogP contribution in [-0.2, 0) is 0 Å². The number of rotatable bonds is 3. The highest BCUT2D eigenvalue weighted by Gasteiger charge is 2.12. The summed E-state index contributed by atoms with van der Waals surface area (Å²) < 4.78 is 1.00. The Morgan fingerprint density at radius 3 is 2.35 bits per heavy atom. The highest BCUT2D eigenvalue weighted by atomic mass is 79.9. The lowest BCUT2D eigenvalue weighted by molar-refractivity contribution is 0.0940. The summed E-state index contributed by atoms with van der Waals surface area (Å²) >= 11 is 15.1. The second-order valence-corrected chi connectivity index (χ2v) is 6.11. The van der Waals surface area contributed by atoms with Gasteiger partial charge in [0.2, 0.25) is 0 Å². The Kier molecular flexibility index (Phi) is 5.08. The average molecular weight is 373 g/mol. The van der Waals surface area contributed by atoms with Crippen LogP contribution < -0.4 is 5.32 Å². The minimum Gasteiger partial charge on any atom is -0.346 e. The fraction of sp³-hybridized carbons (Fsp3) is 0.133. The van der Waals surface area contributed by atoms with Gasteiger partial charge in [-0.1, -0.05) is 51.3 Å². The second-order valence-electron chi connectivity index (χ2n) is 4.38. The van der Waals surface area contributed by atoms with Gasteiger partial charge >= 0.3 is 0 Å². The van der Waals surface area contributed by atoms with E-state index in [-0.39, 0.29) is 11.9 Å². The van der Waals surface area contributed by atoms with E-state index in [0.29, 0.717) is 15.6 Å². The van der Waals surface area contributed by atoms with Crippen molar-refractivity contribution in [2.75, 3.05) is 0 Å². The van der Waals surface area contributed by atoms with Gasteiger partial charge in [-0.25, -0.2) is 0 Å². The lowest BCUT2D eigenvalue weighted by atomic mass is 10.1. The number of carbonyl (C=O) groups is 1. The maximum atomic E-state index is 12.1. The van der Waals surface area contributed by atoms with Gasteiger partial charge in [-0.15, -0.1) is 0 Å². The van der Waals surface area contributed by atoms with E-state index in [9.17, 15) is 4.79 Å². The molecule has 2 rings (SSSR count). The molecule has 0 aliphatic heterocycles. The fourth-order valence-corrected chi connectivity index (χ4v) is 2.31. The second kappa shape index (κ2) is 6.61. The molecule has 0 radical (unpaired) electrons. The summed E-state index contributed by atoms with van der Waals surface area (Å²) in [6.45, 7) is 1.93. The maximum absolute atomic E-state index is 12.1. The van der Waals surface area contributed by atoms with Crippen LogP contribution in [0.5, 0.6) is 0 Å². The van der Waals surface area contributed by atoms with E-state index >= 15 is 0 Å². The minimum atomic E-state index is -0.181. The normalized spacial score (nSPS) is 12.0. The topological polar surface area (TPSA) is 29.1 Å². The summed E-state index contributed by atoms with van der Waals surface area (Å²) in [6.07, 6.45) is 0. The van der Waals surface area contributed by atoms with Crippen molar-refractivity contribution in [3.05, 3.63) is 68.1 Å². The third-order valence-electron chi connectivity index (χ3n) is 2.90. The molecule has 1 amide bonds. The molecule has 1 atom stereocenters. The molecule has 0 saturated carbocycles. The molecule has 0 aliphatic carbocycles. The summed E-state index contributed by atoms with van der Waals surface area (Å²) in [7, 11) is 0. The SMILES string of the molecule is CC(NC(=O)c1ccc(Cl)c(Cl)c1)c1ccc(Br)cc1. The molecular weight excluding hydrogens is 361 g/mol. The Bertz CT molecular complexity index is 628. The maximum Gasteiger partial charge on any atom is 0.251 e. The number of carbonyl (C=O) groups excluding carboxylic acids is 1. The van der Waals surface area contributed by atoms with E-state index in [4.69, 9.17) is 23.2 Å². The van der Waals surface area contributed by atoms with E-state index in [1.54, 1.807) is 18.2 Å². The Hall–Kier alpha value is -1.03. The van der Waals surface area contributed by atoms with Gasteiger partial charge in [-0.05, 0) is 42.8 Å². The number of nitrogens with one attached hydrogen (secondary N) is 1. The van der Waals surface area contributed by atoms with Crippen molar-refractivity contribution in [1.82, 2.24) is 5.32 Å². The first kappa shape index (κ1) is 15.4. The lowest BCUT2D eigenvalue weighted by Crippen LogP contribution is -2.26. The number of hydrogen-bond acceptors (Lipinski definition) is 1. The van der Waals surface area contributed by atoms with Crippen LogP contribution in [0.1, 0.15) is 28.9 Å². The van der Waals surface area contributed by atoms with E-state index < -0.39 is 0 Å². The first-order valence-corrected chi connectivity index (χ1v) is 7.53. The van der Waals surface area contributed by atoms with Crippen molar-refractivity contribution in [2.45, 2.75) is 13.0 Å². The molecule has 2 aromatic rings. The van der Waals surface area contributed by atoms with Crippen molar-refractivity contribution in [3.8, 4) is 0 Å². The van der Waals surface area contributed by atoms with Gasteiger partial charge in [-0.2, -0.15) is 0 Å². The monoisotopic (exact) mass is 371 g/mol. The van der Waals surface area contributed by atoms with Crippen molar-refractivity contribution >= 4 is 45.0 Å². The molecule has 0 fully saturated rings. The third-order valence-corrected chi connectivity index (χ3v) is 4.17. The molecular formula is C15H12BrCl2NO. The van der Waals surface area contributed by atoms with Gasteiger partial charge in [0.15, 0.2) is 0 Å². The summed E-state index contributed by atoms with van der Waals surface area (Å²) in [5.74, 6) is -0.181. The summed E-state index contributed by atoms with van der Waals surface area (Å²) in [6, 6.07) is 12.5. The standard InChI is InChI=1S/C15H12BrCl2NO/c1-9(10-2-5-12(16)6-3-10)19-15(20)11-4-7-13(17)14(18)8-11/h2-9H,1H3,(H,19,20). The molecule has 0 spiro atoms. The first-order chi connectivity index (χ1) is 9.47. The number of amides is 1. The fourth-order valence-electron chi connectivity index (χ4n) is 1.75. The Morgan fingerprint density at radius 2 is 1.75 bits per heavy atom. The van der Waals surface area contributed by atoms with Crippen molar-refractivity contribution in [3.63, 3.8) is 0 Å². The average Bonchev–Trinajstić information content (AvgIpc) is 2.42. The van der Waals surface area contributed by atoms with Crippen LogP contribution in [0, 0.1) is 0 Å². The quantitative estimate of drug-likeness (QED) is 0.783. The van der Waals surface area contributed by atoms with Gasteiger partial charge in [-0.3, -0.25) is 4.79 Å². The molecule has 2 nitrogen and oxygen atoms in total. The van der Waals surface area contributed by atoms with Crippen LogP contribution in [-0.4, -0.2) is 5.91 Å². The molecule has 20 heavy (non-hydrogen) atoms. The number of halogens is 3. The van der Waals surface area contributed by atoms with Crippen LogP contribution in [0.4, 0.5) is 0 Å². The molecule has 0 heterocycles. The molecule has 0 aliphatic rings. The first-order valence-electron chi connectivity index (χ1n) is 5.99. The molecule has 1 N–H and O–H groups in total. The Labute approximate surface area is 136 Å². The summed E-state index contributed by atoms with van der Waals surface area (Å²) in [5.41, 5.74) is 1.52. The molecule has 0 aromatic heterocycles. The predicted octanol–water partition coefficient (Wildman–Crippen LogP) is 5.25. The van der Waals surface area contributed by atoms with Crippen LogP contribution in [0.25, 0.3) is 0 Å². The smallest absolute Gasteiger partial charge is 0.251 e. The van der Waals surface area contributed by atoms with E-state index in [1.807, 2.05) is 31.2 Å². The number of hydrogen-bond donors (Lipinski definition) is 1. The van der Waals surface area contributed by atoms with Gasteiger partial charge in [0.25, 0.3) is 5.91 Å². The zero-order chi connectivity index (χ0) is 14.7. The highest BCUT2D eigenvalue weighted by Crippen LogP contribution is 2.23. The van der Waals surface area contributed by atoms with Crippen molar-refractivity contribution in [2.24, 2.45) is 0 Å². The summed E-state index contributed by atoms with van der Waals surface area (Å²) in [5, 5.41) is 3.73. The molecule has 1 unspecified atom stereocenters. The van der Waals surface area contributed by atoms with Gasteiger partial charge in [0.05, 0.1) is 16.1 Å². The van der Waals surface area contributed by atoms with Crippen LogP contribution >= 0.6 is 39.1 Å². The lowest BCUT2D eigenvalue weighted by Gasteiger charge is -2.14. The largest absolute Gasteiger partial charge is 0.346 e. The van der Waals surface area contributed by atoms with Crippen molar-refractivity contribution in [1.29, 1.82) is 0 Å². The van der Waals surface area contributed by atoms with Crippen molar-refractivity contribution < 1.29 is 4.79 Å². The zero-order valence-electron chi connectivity index (χ0n) is 10.7. The minimum absolute atomic E-state index is 0.0925.